The Morgan fingerprint density at radius 3 is 2.40 bits per heavy atom. The van der Waals surface area contributed by atoms with Crippen LogP contribution in [0.2, 0.25) is 0 Å². The lowest BCUT2D eigenvalue weighted by Gasteiger charge is -2.19. The van der Waals surface area contributed by atoms with E-state index in [4.69, 9.17) is 20.6 Å². The zero-order valence-corrected chi connectivity index (χ0v) is 21.6. The van der Waals surface area contributed by atoms with Gasteiger partial charge in [0.05, 0.1) is 28.1 Å². The highest BCUT2D eigenvalue weighted by Gasteiger charge is 2.28. The summed E-state index contributed by atoms with van der Waals surface area (Å²) in [7, 11) is 0.974. The molecule has 1 aliphatic rings. The molecule has 3 rings (SSSR count). The van der Waals surface area contributed by atoms with Crippen molar-refractivity contribution in [3.05, 3.63) is 71.1 Å². The summed E-state index contributed by atoms with van der Waals surface area (Å²) in [6, 6.07) is 16.7. The Kier molecular flexibility index (Phi) is 11.5. The molecular weight excluding hydrogens is 461 g/mol. The number of methoxy groups -OCH3 is 1. The van der Waals surface area contributed by atoms with Crippen molar-refractivity contribution in [1.29, 1.82) is 0 Å². The molecule has 188 valence electrons. The number of nitrogens with zero attached hydrogens (tertiary/aromatic N) is 1. The van der Waals surface area contributed by atoms with Crippen molar-refractivity contribution in [3.8, 4) is 11.1 Å². The fourth-order valence-corrected chi connectivity index (χ4v) is 5.32. The van der Waals surface area contributed by atoms with Gasteiger partial charge in [0, 0.05) is 25.5 Å². The zero-order valence-electron chi connectivity index (χ0n) is 20.7. The van der Waals surface area contributed by atoms with E-state index in [2.05, 4.69) is 39.5 Å². The number of alkyl carbamates (subject to hydrolysis) is 1. The molecule has 0 radical (unpaired) electrons. The number of amides is 1. The van der Waals surface area contributed by atoms with Crippen LogP contribution in [0, 0.1) is 12.5 Å². The Balaban J connectivity index is 1.34. The van der Waals surface area contributed by atoms with Gasteiger partial charge in [0.15, 0.2) is 0 Å². The third-order valence-corrected chi connectivity index (χ3v) is 7.32. The van der Waals surface area contributed by atoms with E-state index in [-0.39, 0.29) is 12.0 Å². The molecule has 2 N–H and O–H groups in total. The van der Waals surface area contributed by atoms with Crippen LogP contribution < -0.4 is 10.4 Å². The van der Waals surface area contributed by atoms with Crippen LogP contribution in [0.25, 0.3) is 16.0 Å². The highest BCUT2D eigenvalue weighted by Crippen LogP contribution is 2.44. The summed E-state index contributed by atoms with van der Waals surface area (Å²) in [6.45, 7) is 12.1. The molecule has 2 aromatic rings. The largest absolute Gasteiger partial charge is 0.449 e. The molecule has 0 bridgehead atoms. The maximum atomic E-state index is 12.3. The van der Waals surface area contributed by atoms with E-state index >= 15 is 0 Å². The second kappa shape index (κ2) is 14.8. The van der Waals surface area contributed by atoms with E-state index in [9.17, 15) is 4.79 Å². The van der Waals surface area contributed by atoms with Gasteiger partial charge in [0.25, 0.3) is 0 Å². The number of benzene rings is 2. The molecule has 0 saturated carbocycles. The molecule has 0 heterocycles. The molecule has 1 amide bonds. The predicted molar refractivity (Wildman–Crippen MR) is 141 cm³/mol. The lowest BCUT2D eigenvalue weighted by atomic mass is 9.98. The summed E-state index contributed by atoms with van der Waals surface area (Å²) in [4.78, 5) is 15.6. The molecule has 0 spiro atoms. The molecule has 2 aromatic carbocycles. The number of hydrogen-bond donors (Lipinski definition) is 2. The summed E-state index contributed by atoms with van der Waals surface area (Å²) >= 11 is 0. The minimum Gasteiger partial charge on any atom is -0.449 e. The van der Waals surface area contributed by atoms with Gasteiger partial charge in [-0.1, -0.05) is 55.0 Å². The van der Waals surface area contributed by atoms with Gasteiger partial charge in [0.2, 0.25) is 6.54 Å². The van der Waals surface area contributed by atoms with Gasteiger partial charge in [-0.05, 0) is 41.8 Å². The summed E-state index contributed by atoms with van der Waals surface area (Å²) in [6.07, 6.45) is 2.43. The SMILES string of the molecule is [C-]#[N+]CCNP(C)OCC(CCCCNC(=O)OCC1c2ccccc2-c2ccccc21)COC. The number of rotatable bonds is 15. The van der Waals surface area contributed by atoms with Crippen LogP contribution >= 0.6 is 8.30 Å². The number of hydrogen-bond acceptors (Lipinski definition) is 5. The first-order valence-corrected chi connectivity index (χ1v) is 13.9. The van der Waals surface area contributed by atoms with Gasteiger partial charge < -0.3 is 24.2 Å². The van der Waals surface area contributed by atoms with Gasteiger partial charge in [-0.15, -0.1) is 0 Å². The third kappa shape index (κ3) is 8.30. The topological polar surface area (TPSA) is 73.2 Å². The number of unbranched alkanes of at least 4 members (excludes halogenated alkanes) is 1. The quantitative estimate of drug-likeness (QED) is 0.195. The number of fused-ring (bicyclic) bond motifs is 3. The van der Waals surface area contributed by atoms with Crippen LogP contribution in [0.5, 0.6) is 0 Å². The number of carbonyl (C=O) groups is 1. The number of nitrogens with one attached hydrogen (secondary N) is 2. The van der Waals surface area contributed by atoms with Crippen molar-refractivity contribution in [3.63, 3.8) is 0 Å². The molecular formula is C27H36N3O4P. The maximum Gasteiger partial charge on any atom is 0.407 e. The van der Waals surface area contributed by atoms with Crippen LogP contribution in [-0.2, 0) is 14.0 Å². The molecule has 2 atom stereocenters. The van der Waals surface area contributed by atoms with Crippen molar-refractivity contribution in [1.82, 2.24) is 10.4 Å². The molecule has 0 fully saturated rings. The van der Waals surface area contributed by atoms with Crippen molar-refractivity contribution in [2.45, 2.75) is 25.2 Å². The minimum atomic E-state index is -0.729. The first kappa shape index (κ1) is 27.1. The van der Waals surface area contributed by atoms with Gasteiger partial charge in [0.1, 0.15) is 6.61 Å². The van der Waals surface area contributed by atoms with Crippen LogP contribution in [0.4, 0.5) is 4.79 Å². The lowest BCUT2D eigenvalue weighted by Crippen LogP contribution is -2.27. The monoisotopic (exact) mass is 497 g/mol. The molecule has 2 unspecified atom stereocenters. The van der Waals surface area contributed by atoms with Gasteiger partial charge >= 0.3 is 6.09 Å². The Bertz CT molecular complexity index is 935. The summed E-state index contributed by atoms with van der Waals surface area (Å²) in [5.74, 6) is 0.380. The van der Waals surface area contributed by atoms with E-state index in [1.54, 1.807) is 7.11 Å². The van der Waals surface area contributed by atoms with E-state index in [0.29, 0.717) is 45.4 Å². The van der Waals surface area contributed by atoms with E-state index in [1.165, 1.54) is 22.3 Å². The zero-order chi connectivity index (χ0) is 24.9. The fourth-order valence-electron chi connectivity index (χ4n) is 4.37. The standard InChI is InChI=1S/C27H36N3O4P/c1-28-16-17-30-35(3)34-19-21(18-32-2)10-8-9-15-29-27(31)33-20-26-24-13-6-4-11-22(24)23-12-5-7-14-25(23)26/h4-7,11-14,21,26,30H,8-10,15-20H2,2-3H3,(H,29,31). The van der Waals surface area contributed by atoms with Crippen molar-refractivity contribution in [2.24, 2.45) is 5.92 Å². The number of carbonyl (C=O) groups excluding carboxylic acids is 1. The van der Waals surface area contributed by atoms with Crippen LogP contribution in [0.15, 0.2) is 48.5 Å². The van der Waals surface area contributed by atoms with Gasteiger partial charge in [-0.2, -0.15) is 0 Å². The first-order chi connectivity index (χ1) is 17.1. The summed E-state index contributed by atoms with van der Waals surface area (Å²) < 4.78 is 16.8. The molecule has 0 saturated heterocycles. The van der Waals surface area contributed by atoms with Gasteiger partial charge in [-0.3, -0.25) is 5.09 Å². The smallest absolute Gasteiger partial charge is 0.407 e. The van der Waals surface area contributed by atoms with Crippen molar-refractivity contribution in [2.75, 3.05) is 53.2 Å². The first-order valence-electron chi connectivity index (χ1n) is 12.1. The van der Waals surface area contributed by atoms with Crippen molar-refractivity contribution < 1.29 is 18.8 Å². The second-order valence-corrected chi connectivity index (χ2v) is 10.2. The fraction of sp³-hybridized carbons (Fsp3) is 0.481. The predicted octanol–water partition coefficient (Wildman–Crippen LogP) is 5.43. The number of ether oxygens (including phenoxy) is 2. The van der Waals surface area contributed by atoms with Crippen LogP contribution in [-0.4, -0.2) is 59.3 Å². The van der Waals surface area contributed by atoms with Crippen LogP contribution in [0.1, 0.15) is 36.3 Å². The second-order valence-electron chi connectivity index (χ2n) is 8.65. The van der Waals surface area contributed by atoms with E-state index in [0.717, 1.165) is 19.3 Å². The normalized spacial score (nSPS) is 14.0. The molecule has 0 aliphatic heterocycles. The lowest BCUT2D eigenvalue weighted by molar-refractivity contribution is 0.115. The average Bonchev–Trinajstić information content (AvgIpc) is 3.19. The highest BCUT2D eigenvalue weighted by molar-refractivity contribution is 7.49. The average molecular weight is 498 g/mol. The Labute approximate surface area is 210 Å². The van der Waals surface area contributed by atoms with Crippen molar-refractivity contribution >= 4 is 14.4 Å². The summed E-state index contributed by atoms with van der Waals surface area (Å²) in [5, 5.41) is 6.12. The summed E-state index contributed by atoms with van der Waals surface area (Å²) in [5.41, 5.74) is 4.87. The van der Waals surface area contributed by atoms with Crippen LogP contribution in [0.3, 0.4) is 0 Å². The third-order valence-electron chi connectivity index (χ3n) is 6.12. The molecule has 1 aliphatic carbocycles. The molecule has 0 aromatic heterocycles. The molecule has 7 nitrogen and oxygen atoms in total. The minimum absolute atomic E-state index is 0.0721. The maximum absolute atomic E-state index is 12.3. The molecule has 35 heavy (non-hydrogen) atoms. The van der Waals surface area contributed by atoms with E-state index in [1.807, 2.05) is 30.9 Å². The molecule has 8 heteroatoms. The Morgan fingerprint density at radius 2 is 1.74 bits per heavy atom. The Hall–Kier alpha value is -2.49. The van der Waals surface area contributed by atoms with E-state index < -0.39 is 8.30 Å². The highest BCUT2D eigenvalue weighted by atomic mass is 31.2. The van der Waals surface area contributed by atoms with Gasteiger partial charge in [-0.25, -0.2) is 11.4 Å². The Morgan fingerprint density at radius 1 is 1.06 bits per heavy atom.